The van der Waals surface area contributed by atoms with Crippen LogP contribution in [0.5, 0.6) is 0 Å². The van der Waals surface area contributed by atoms with Crippen molar-refractivity contribution >= 4 is 33.3 Å². The number of hydrogen-bond donors (Lipinski definition) is 1. The first kappa shape index (κ1) is 19.3. The number of rotatable bonds is 2. The zero-order valence-corrected chi connectivity index (χ0v) is 17.0. The van der Waals surface area contributed by atoms with Gasteiger partial charge in [0.25, 0.3) is 0 Å². The van der Waals surface area contributed by atoms with Gasteiger partial charge >= 0.3 is 6.18 Å². The molecule has 0 aliphatic carbocycles. The molecule has 2 aromatic carbocycles. The molecule has 0 unspecified atom stereocenters. The minimum absolute atomic E-state index is 0.211. The van der Waals surface area contributed by atoms with Crippen molar-refractivity contribution in [1.82, 2.24) is 9.78 Å². The molecule has 0 amide bonds. The number of hydrogen-bond acceptors (Lipinski definition) is 2. The summed E-state index contributed by atoms with van der Waals surface area (Å²) in [6.45, 7) is 0.729. The van der Waals surface area contributed by atoms with Crippen molar-refractivity contribution in [3.05, 3.63) is 63.1 Å². The van der Waals surface area contributed by atoms with Crippen LogP contribution in [0.15, 0.2) is 46.9 Å². The van der Waals surface area contributed by atoms with Gasteiger partial charge < -0.3 is 5.32 Å². The summed E-state index contributed by atoms with van der Waals surface area (Å²) < 4.78 is 42.1. The van der Waals surface area contributed by atoms with E-state index >= 15 is 0 Å². The Kier molecular flexibility index (Phi) is 5.14. The number of aromatic nitrogens is 2. The van der Waals surface area contributed by atoms with Crippen LogP contribution < -0.4 is 5.32 Å². The molecule has 3 aromatic rings. The maximum Gasteiger partial charge on any atom is 0.416 e. The van der Waals surface area contributed by atoms with E-state index in [4.69, 9.17) is 11.6 Å². The number of benzene rings is 2. The molecule has 1 aromatic heterocycles. The van der Waals surface area contributed by atoms with Crippen LogP contribution in [0, 0.1) is 0 Å². The fourth-order valence-corrected chi connectivity index (χ4v) is 3.99. The van der Waals surface area contributed by atoms with Crippen LogP contribution in [0.25, 0.3) is 16.9 Å². The van der Waals surface area contributed by atoms with Crippen LogP contribution >= 0.6 is 27.5 Å². The quantitative estimate of drug-likeness (QED) is 0.450. The molecule has 0 fully saturated rings. The van der Waals surface area contributed by atoms with E-state index in [9.17, 15) is 13.2 Å². The van der Waals surface area contributed by atoms with Crippen LogP contribution in [0.2, 0.25) is 5.02 Å². The topological polar surface area (TPSA) is 29.9 Å². The van der Waals surface area contributed by atoms with Crippen molar-refractivity contribution < 1.29 is 13.2 Å². The highest BCUT2D eigenvalue weighted by Gasteiger charge is 2.32. The SMILES string of the molecule is FC(F)(F)c1ccc(Cl)c(-n2nc(-c3cccc(Br)c3)c3c2NCCCC3)c1. The monoisotopic (exact) mass is 469 g/mol. The summed E-state index contributed by atoms with van der Waals surface area (Å²) in [5, 5.41) is 8.22. The molecule has 0 saturated carbocycles. The molecular formula is C20H16BrClF3N3. The summed E-state index contributed by atoms with van der Waals surface area (Å²) in [5.74, 6) is 0.702. The zero-order valence-electron chi connectivity index (χ0n) is 14.7. The minimum atomic E-state index is -4.45. The maximum atomic E-state index is 13.2. The number of alkyl halides is 3. The lowest BCUT2D eigenvalue weighted by Gasteiger charge is -2.13. The Balaban J connectivity index is 1.94. The highest BCUT2D eigenvalue weighted by atomic mass is 79.9. The molecular weight excluding hydrogens is 455 g/mol. The molecule has 146 valence electrons. The van der Waals surface area contributed by atoms with Gasteiger partial charge in [0.1, 0.15) is 5.82 Å². The molecule has 3 nitrogen and oxygen atoms in total. The fraction of sp³-hybridized carbons (Fsp3) is 0.250. The standard InChI is InChI=1S/C20H16BrClF3N3/c21-14-5-3-4-12(10-14)18-15-6-1-2-9-26-19(15)28(27-18)17-11-13(20(23,24)25)7-8-16(17)22/h3-5,7-8,10-11,26H,1-2,6,9H2. The maximum absolute atomic E-state index is 13.2. The Labute approximate surface area is 173 Å². The van der Waals surface area contributed by atoms with Crippen LogP contribution in [0.3, 0.4) is 0 Å². The average molecular weight is 471 g/mol. The minimum Gasteiger partial charge on any atom is -0.370 e. The summed E-state index contributed by atoms with van der Waals surface area (Å²) in [7, 11) is 0. The molecule has 2 heterocycles. The van der Waals surface area contributed by atoms with E-state index in [1.54, 1.807) is 0 Å². The third kappa shape index (κ3) is 3.65. The van der Waals surface area contributed by atoms with Gasteiger partial charge in [-0.25, -0.2) is 4.68 Å². The van der Waals surface area contributed by atoms with E-state index in [2.05, 4.69) is 26.3 Å². The number of fused-ring (bicyclic) bond motifs is 1. The molecule has 0 bridgehead atoms. The van der Waals surface area contributed by atoms with Crippen molar-refractivity contribution in [2.45, 2.75) is 25.4 Å². The van der Waals surface area contributed by atoms with Crippen molar-refractivity contribution in [2.24, 2.45) is 0 Å². The number of nitrogens with zero attached hydrogens (tertiary/aromatic N) is 2. The van der Waals surface area contributed by atoms with Crippen LogP contribution in [0.4, 0.5) is 19.0 Å². The Morgan fingerprint density at radius 1 is 1.11 bits per heavy atom. The normalized spacial score (nSPS) is 14.3. The van der Waals surface area contributed by atoms with E-state index in [-0.39, 0.29) is 10.7 Å². The largest absolute Gasteiger partial charge is 0.416 e. The third-order valence-corrected chi connectivity index (χ3v) is 5.54. The second-order valence-corrected chi connectivity index (χ2v) is 7.97. The molecule has 1 aliphatic heterocycles. The van der Waals surface area contributed by atoms with E-state index in [1.807, 2.05) is 24.3 Å². The molecule has 0 spiro atoms. The first-order valence-electron chi connectivity index (χ1n) is 8.83. The number of nitrogens with one attached hydrogen (secondary N) is 1. The van der Waals surface area contributed by atoms with E-state index in [1.165, 1.54) is 10.7 Å². The second-order valence-electron chi connectivity index (χ2n) is 6.65. The van der Waals surface area contributed by atoms with Crippen molar-refractivity contribution in [3.8, 4) is 16.9 Å². The summed E-state index contributed by atoms with van der Waals surface area (Å²) in [5.41, 5.74) is 2.09. The first-order chi connectivity index (χ1) is 13.3. The average Bonchev–Trinajstić information content (AvgIpc) is 2.82. The molecule has 4 rings (SSSR count). The first-order valence-corrected chi connectivity index (χ1v) is 10.0. The Morgan fingerprint density at radius 3 is 2.68 bits per heavy atom. The smallest absolute Gasteiger partial charge is 0.370 e. The van der Waals surface area contributed by atoms with Crippen LogP contribution in [-0.2, 0) is 12.6 Å². The van der Waals surface area contributed by atoms with E-state index < -0.39 is 11.7 Å². The summed E-state index contributed by atoms with van der Waals surface area (Å²) in [6, 6.07) is 11.0. The Hall–Kier alpha value is -1.99. The molecule has 28 heavy (non-hydrogen) atoms. The summed E-state index contributed by atoms with van der Waals surface area (Å²) >= 11 is 9.75. The van der Waals surface area contributed by atoms with Gasteiger partial charge in [0.05, 0.1) is 22.0 Å². The van der Waals surface area contributed by atoms with Gasteiger partial charge in [-0.2, -0.15) is 18.3 Å². The van der Waals surface area contributed by atoms with Gasteiger partial charge in [0.15, 0.2) is 0 Å². The highest BCUT2D eigenvalue weighted by molar-refractivity contribution is 9.10. The van der Waals surface area contributed by atoms with Crippen LogP contribution in [-0.4, -0.2) is 16.3 Å². The summed E-state index contributed by atoms with van der Waals surface area (Å²) in [6.07, 6.45) is -1.71. The number of anilines is 1. The van der Waals surface area contributed by atoms with Gasteiger partial charge in [-0.1, -0.05) is 39.7 Å². The zero-order chi connectivity index (χ0) is 19.9. The molecule has 0 atom stereocenters. The predicted molar refractivity (Wildman–Crippen MR) is 108 cm³/mol. The van der Waals surface area contributed by atoms with Gasteiger partial charge in [0.2, 0.25) is 0 Å². The highest BCUT2D eigenvalue weighted by Crippen LogP contribution is 2.38. The lowest BCUT2D eigenvalue weighted by molar-refractivity contribution is -0.137. The van der Waals surface area contributed by atoms with Gasteiger partial charge in [0, 0.05) is 22.1 Å². The molecule has 1 aliphatic rings. The van der Waals surface area contributed by atoms with E-state index in [0.29, 0.717) is 5.82 Å². The molecule has 0 radical (unpaired) electrons. The third-order valence-electron chi connectivity index (χ3n) is 4.73. The Bertz CT molecular complexity index is 1030. The van der Waals surface area contributed by atoms with Gasteiger partial charge in [-0.15, -0.1) is 0 Å². The molecule has 8 heteroatoms. The molecule has 1 N–H and O–H groups in total. The van der Waals surface area contributed by atoms with Gasteiger partial charge in [-0.3, -0.25) is 0 Å². The van der Waals surface area contributed by atoms with Crippen molar-refractivity contribution in [1.29, 1.82) is 0 Å². The predicted octanol–water partition coefficient (Wildman–Crippen LogP) is 6.72. The lowest BCUT2D eigenvalue weighted by atomic mass is 10.0. The van der Waals surface area contributed by atoms with E-state index in [0.717, 1.165) is 59.2 Å². The van der Waals surface area contributed by atoms with Crippen molar-refractivity contribution in [2.75, 3.05) is 11.9 Å². The number of halogens is 5. The molecule has 0 saturated heterocycles. The van der Waals surface area contributed by atoms with Crippen LogP contribution in [0.1, 0.15) is 24.0 Å². The second kappa shape index (κ2) is 7.44. The fourth-order valence-electron chi connectivity index (χ4n) is 3.40. The Morgan fingerprint density at radius 2 is 1.93 bits per heavy atom. The summed E-state index contributed by atoms with van der Waals surface area (Å²) in [4.78, 5) is 0. The van der Waals surface area contributed by atoms with Gasteiger partial charge in [-0.05, 0) is 49.6 Å². The van der Waals surface area contributed by atoms with Crippen molar-refractivity contribution in [3.63, 3.8) is 0 Å². The lowest BCUT2D eigenvalue weighted by Crippen LogP contribution is -2.10.